The monoisotopic (exact) mass is 486 g/mol. The van der Waals surface area contributed by atoms with E-state index in [1.807, 2.05) is 13.8 Å². The first-order chi connectivity index (χ1) is 15.9. The maximum absolute atomic E-state index is 13.0. The van der Waals surface area contributed by atoms with Gasteiger partial charge < -0.3 is 23.8 Å². The Hall–Kier alpha value is -1.29. The van der Waals surface area contributed by atoms with Crippen LogP contribution in [0.1, 0.15) is 47.0 Å². The zero-order valence-corrected chi connectivity index (χ0v) is 21.1. The number of hydrogen-bond donors (Lipinski definition) is 0. The van der Waals surface area contributed by atoms with Crippen LogP contribution in [-0.4, -0.2) is 98.3 Å². The van der Waals surface area contributed by atoms with Gasteiger partial charge in [0.1, 0.15) is 12.2 Å². The number of alkyl halides is 2. The van der Waals surface area contributed by atoms with E-state index in [-0.39, 0.29) is 42.9 Å². The van der Waals surface area contributed by atoms with E-state index in [0.717, 1.165) is 12.8 Å². The highest BCUT2D eigenvalue weighted by molar-refractivity contribution is 5.69. The molecule has 1 amide bonds. The number of likely N-dealkylation sites (tertiary alicyclic amines) is 2. The van der Waals surface area contributed by atoms with Gasteiger partial charge in [-0.1, -0.05) is 11.6 Å². The van der Waals surface area contributed by atoms with Gasteiger partial charge >= 0.3 is 6.09 Å². The molecule has 4 rings (SSSR count). The fraction of sp³-hybridized carbons (Fsp3) is 0.880. The maximum atomic E-state index is 13.0. The normalized spacial score (nSPS) is 33.3. The van der Waals surface area contributed by atoms with E-state index in [4.69, 9.17) is 18.9 Å². The van der Waals surface area contributed by atoms with E-state index in [9.17, 15) is 13.6 Å². The number of halogens is 2. The number of rotatable bonds is 9. The van der Waals surface area contributed by atoms with E-state index in [2.05, 4.69) is 19.9 Å². The summed E-state index contributed by atoms with van der Waals surface area (Å²) in [5, 5.41) is 0. The predicted octanol–water partition coefficient (Wildman–Crippen LogP) is 3.72. The van der Waals surface area contributed by atoms with E-state index in [0.29, 0.717) is 45.2 Å². The molecule has 1 aliphatic carbocycles. The number of ether oxygens (including phenoxy) is 4. The maximum Gasteiger partial charge on any atom is 0.410 e. The van der Waals surface area contributed by atoms with Crippen LogP contribution in [0, 0.1) is 11.8 Å². The van der Waals surface area contributed by atoms with Gasteiger partial charge in [-0.2, -0.15) is 0 Å². The van der Waals surface area contributed by atoms with Gasteiger partial charge in [0, 0.05) is 26.1 Å². The quantitative estimate of drug-likeness (QED) is 0.366. The van der Waals surface area contributed by atoms with Gasteiger partial charge in [-0.05, 0) is 59.4 Å². The van der Waals surface area contributed by atoms with Crippen molar-refractivity contribution in [1.29, 1.82) is 0 Å². The third-order valence-corrected chi connectivity index (χ3v) is 7.83. The Labute approximate surface area is 201 Å². The summed E-state index contributed by atoms with van der Waals surface area (Å²) in [4.78, 5) is 16.3. The lowest BCUT2D eigenvalue weighted by Gasteiger charge is -2.48. The van der Waals surface area contributed by atoms with Crippen LogP contribution in [0.5, 0.6) is 0 Å². The second-order valence-corrected chi connectivity index (χ2v) is 11.3. The number of carbonyl (C=O) groups is 1. The average molecular weight is 487 g/mol. The van der Waals surface area contributed by atoms with Gasteiger partial charge in [-0.15, -0.1) is 0 Å². The molecule has 3 aliphatic heterocycles. The smallest absolute Gasteiger partial charge is 0.410 e. The van der Waals surface area contributed by atoms with Crippen molar-refractivity contribution in [3.8, 4) is 0 Å². The molecule has 1 spiro atoms. The molecule has 0 unspecified atom stereocenters. The van der Waals surface area contributed by atoms with Crippen molar-refractivity contribution < 1.29 is 32.5 Å². The Bertz CT molecular complexity index is 767. The van der Waals surface area contributed by atoms with Crippen molar-refractivity contribution in [3.63, 3.8) is 0 Å². The van der Waals surface area contributed by atoms with Crippen LogP contribution in [0.2, 0.25) is 0 Å². The largest absolute Gasteiger partial charge is 0.443 e. The number of allylic oxidation sites excluding steroid dienone is 1. The molecule has 4 fully saturated rings. The van der Waals surface area contributed by atoms with Crippen molar-refractivity contribution in [2.24, 2.45) is 11.8 Å². The van der Waals surface area contributed by atoms with Crippen LogP contribution in [-0.2, 0) is 18.9 Å². The molecule has 0 aromatic heterocycles. The lowest BCUT2D eigenvalue weighted by atomic mass is 9.68. The number of amides is 1. The minimum atomic E-state index is -2.53. The zero-order chi connectivity index (χ0) is 24.7. The Kier molecular flexibility index (Phi) is 7.31. The third kappa shape index (κ3) is 5.58. The topological polar surface area (TPSA) is 63.8 Å². The molecule has 0 radical (unpaired) electrons. The molecule has 3 heterocycles. The lowest BCUT2D eigenvalue weighted by molar-refractivity contribution is -0.175. The van der Waals surface area contributed by atoms with Gasteiger partial charge in [0.15, 0.2) is 0 Å². The van der Waals surface area contributed by atoms with Gasteiger partial charge in [0.25, 0.3) is 5.92 Å². The van der Waals surface area contributed by atoms with Crippen molar-refractivity contribution >= 4 is 6.09 Å². The first-order valence-electron chi connectivity index (χ1n) is 12.4. The van der Waals surface area contributed by atoms with Crippen LogP contribution < -0.4 is 0 Å². The molecular formula is C25H40F2N2O5. The SMILES string of the molecule is CO[C@H]1[C@H](C(C)(C)OCC=C(C)C)[C@]2(CC[C@H]1OC(=O)N1CC(CCN3CC(F)(F)C3)C1)CO2. The molecule has 0 aromatic rings. The molecule has 7 nitrogen and oxygen atoms in total. The van der Waals surface area contributed by atoms with Crippen molar-refractivity contribution in [1.82, 2.24) is 9.80 Å². The number of epoxide rings is 1. The van der Waals surface area contributed by atoms with E-state index in [1.165, 1.54) is 5.57 Å². The first kappa shape index (κ1) is 25.8. The summed E-state index contributed by atoms with van der Waals surface area (Å²) in [5.74, 6) is -2.26. The highest BCUT2D eigenvalue weighted by Gasteiger charge is 2.64. The van der Waals surface area contributed by atoms with E-state index < -0.39 is 11.5 Å². The number of nitrogens with zero attached hydrogens (tertiary/aromatic N) is 2. The number of methoxy groups -OCH3 is 1. The first-order valence-corrected chi connectivity index (χ1v) is 12.4. The molecule has 34 heavy (non-hydrogen) atoms. The Balaban J connectivity index is 1.29. The summed E-state index contributed by atoms with van der Waals surface area (Å²) >= 11 is 0. The van der Waals surface area contributed by atoms with Crippen molar-refractivity contribution in [2.45, 2.75) is 76.3 Å². The van der Waals surface area contributed by atoms with Crippen LogP contribution >= 0.6 is 0 Å². The summed E-state index contributed by atoms with van der Waals surface area (Å²) in [6.45, 7) is 11.0. The molecule has 1 saturated carbocycles. The zero-order valence-electron chi connectivity index (χ0n) is 21.1. The number of carbonyl (C=O) groups excluding carboxylic acids is 1. The number of hydrogen-bond acceptors (Lipinski definition) is 6. The summed E-state index contributed by atoms with van der Waals surface area (Å²) in [7, 11) is 1.66. The standard InChI is InChI=1S/C25H40F2N2O5/c1-17(2)8-11-32-23(3,4)21-20(31-5)19(6-9-24(21)16-33-24)34-22(30)29-12-18(13-29)7-10-28-14-25(26,27)15-28/h8,18-21H,6-7,9-16H2,1-5H3/t19-,20-,21-,24+/m1/s1. The Morgan fingerprint density at radius 3 is 2.47 bits per heavy atom. The predicted molar refractivity (Wildman–Crippen MR) is 123 cm³/mol. The summed E-state index contributed by atoms with van der Waals surface area (Å²) in [5.41, 5.74) is 0.389. The van der Waals surface area contributed by atoms with Crippen molar-refractivity contribution in [3.05, 3.63) is 11.6 Å². The molecule has 4 atom stereocenters. The summed E-state index contributed by atoms with van der Waals surface area (Å²) in [6.07, 6.45) is 3.34. The molecular weight excluding hydrogens is 446 g/mol. The van der Waals surface area contributed by atoms with Crippen LogP contribution in [0.3, 0.4) is 0 Å². The molecule has 0 bridgehead atoms. The molecule has 0 aromatic carbocycles. The molecule has 194 valence electrons. The minimum absolute atomic E-state index is 0.0686. The highest BCUT2D eigenvalue weighted by Crippen LogP contribution is 2.52. The summed E-state index contributed by atoms with van der Waals surface area (Å²) < 4.78 is 50.0. The van der Waals surface area contributed by atoms with E-state index in [1.54, 1.807) is 16.9 Å². The Morgan fingerprint density at radius 2 is 1.91 bits per heavy atom. The molecule has 0 N–H and O–H groups in total. The summed E-state index contributed by atoms with van der Waals surface area (Å²) in [6, 6.07) is 0. The van der Waals surface area contributed by atoms with Gasteiger partial charge in [-0.25, -0.2) is 13.6 Å². The lowest BCUT2D eigenvalue weighted by Crippen LogP contribution is -2.60. The van der Waals surface area contributed by atoms with Gasteiger partial charge in [-0.3, -0.25) is 4.90 Å². The van der Waals surface area contributed by atoms with Crippen LogP contribution in [0.4, 0.5) is 13.6 Å². The average Bonchev–Trinajstić information content (AvgIpc) is 3.45. The second-order valence-electron chi connectivity index (χ2n) is 11.3. The highest BCUT2D eigenvalue weighted by atomic mass is 19.3. The van der Waals surface area contributed by atoms with Crippen LogP contribution in [0.15, 0.2) is 11.6 Å². The molecule has 9 heteroatoms. The fourth-order valence-electron chi connectivity index (χ4n) is 5.83. The Morgan fingerprint density at radius 1 is 1.24 bits per heavy atom. The van der Waals surface area contributed by atoms with Gasteiger partial charge in [0.2, 0.25) is 0 Å². The van der Waals surface area contributed by atoms with Crippen LogP contribution in [0.25, 0.3) is 0 Å². The third-order valence-electron chi connectivity index (χ3n) is 7.83. The van der Waals surface area contributed by atoms with E-state index >= 15 is 0 Å². The minimum Gasteiger partial charge on any atom is -0.443 e. The molecule has 4 aliphatic rings. The van der Waals surface area contributed by atoms with Gasteiger partial charge in [0.05, 0.1) is 37.5 Å². The second kappa shape index (κ2) is 9.64. The fourth-order valence-corrected chi connectivity index (χ4v) is 5.83. The van der Waals surface area contributed by atoms with Crippen molar-refractivity contribution in [2.75, 3.05) is 53.0 Å². The molecule has 3 saturated heterocycles.